The van der Waals surface area contributed by atoms with Crippen LogP contribution in [0.4, 0.5) is 11.4 Å². The van der Waals surface area contributed by atoms with Crippen molar-refractivity contribution in [2.75, 3.05) is 17.2 Å². The molecule has 8 heteroatoms. The predicted octanol–water partition coefficient (Wildman–Crippen LogP) is 4.83. The first kappa shape index (κ1) is 23.0. The van der Waals surface area contributed by atoms with Crippen molar-refractivity contribution in [3.05, 3.63) is 58.6 Å². The molecule has 0 saturated carbocycles. The van der Waals surface area contributed by atoms with E-state index in [1.54, 1.807) is 24.3 Å². The van der Waals surface area contributed by atoms with Crippen molar-refractivity contribution >= 4 is 46.8 Å². The Kier molecular flexibility index (Phi) is 8.43. The molecule has 30 heavy (non-hydrogen) atoms. The molecule has 0 spiro atoms. The third-order valence-electron chi connectivity index (χ3n) is 3.99. The van der Waals surface area contributed by atoms with E-state index in [1.165, 1.54) is 31.2 Å². The number of anilines is 2. The van der Waals surface area contributed by atoms with Crippen LogP contribution < -0.4 is 15.4 Å². The van der Waals surface area contributed by atoms with Crippen molar-refractivity contribution in [3.63, 3.8) is 0 Å². The van der Waals surface area contributed by atoms with Gasteiger partial charge in [0.05, 0.1) is 18.0 Å². The topological polar surface area (TPSA) is 105 Å². The Balaban J connectivity index is 2.32. The van der Waals surface area contributed by atoms with E-state index in [2.05, 4.69) is 10.6 Å². The van der Waals surface area contributed by atoms with Gasteiger partial charge >= 0.3 is 5.97 Å². The third-order valence-corrected chi connectivity index (χ3v) is 4.34. The Morgan fingerprint density at radius 2 is 1.83 bits per heavy atom. The van der Waals surface area contributed by atoms with Crippen LogP contribution in [0.15, 0.2) is 42.5 Å². The number of aromatic carboxylic acids is 1. The molecule has 0 fully saturated rings. The average Bonchev–Trinajstić information content (AvgIpc) is 2.68. The molecule has 0 aliphatic rings. The molecule has 2 amide bonds. The van der Waals surface area contributed by atoms with Gasteiger partial charge in [-0.3, -0.25) is 9.59 Å². The summed E-state index contributed by atoms with van der Waals surface area (Å²) in [7, 11) is 0. The minimum atomic E-state index is -1.21. The number of carbonyl (C=O) groups excluding carboxylic acids is 2. The van der Waals surface area contributed by atoms with Crippen LogP contribution in [0.5, 0.6) is 5.75 Å². The Hall–Kier alpha value is -3.32. The lowest BCUT2D eigenvalue weighted by atomic mass is 10.1. The minimum Gasteiger partial charge on any atom is -0.493 e. The molecule has 2 aromatic carbocycles. The van der Waals surface area contributed by atoms with E-state index in [0.717, 1.165) is 12.8 Å². The molecule has 0 saturated heterocycles. The van der Waals surface area contributed by atoms with Gasteiger partial charge in [0.1, 0.15) is 11.3 Å². The quantitative estimate of drug-likeness (QED) is 0.390. The summed E-state index contributed by atoms with van der Waals surface area (Å²) in [6.07, 6.45) is 4.44. The summed E-state index contributed by atoms with van der Waals surface area (Å²) < 4.78 is 5.57. The van der Waals surface area contributed by atoms with Crippen LogP contribution in [0.25, 0.3) is 6.08 Å². The smallest absolute Gasteiger partial charge is 0.339 e. The van der Waals surface area contributed by atoms with Crippen molar-refractivity contribution in [2.45, 2.75) is 26.7 Å². The van der Waals surface area contributed by atoms with Crippen molar-refractivity contribution in [1.82, 2.24) is 0 Å². The van der Waals surface area contributed by atoms with E-state index in [0.29, 0.717) is 17.2 Å². The van der Waals surface area contributed by atoms with Crippen molar-refractivity contribution in [2.24, 2.45) is 0 Å². The molecule has 0 heterocycles. The van der Waals surface area contributed by atoms with Gasteiger partial charge < -0.3 is 20.5 Å². The van der Waals surface area contributed by atoms with Crippen molar-refractivity contribution in [1.29, 1.82) is 0 Å². The highest BCUT2D eigenvalue weighted by Gasteiger charge is 2.18. The van der Waals surface area contributed by atoms with Gasteiger partial charge in [-0.1, -0.05) is 43.1 Å². The van der Waals surface area contributed by atoms with Gasteiger partial charge in [0.2, 0.25) is 11.8 Å². The van der Waals surface area contributed by atoms with Crippen LogP contribution in [0.2, 0.25) is 5.02 Å². The van der Waals surface area contributed by atoms with Crippen molar-refractivity contribution < 1.29 is 24.2 Å². The summed E-state index contributed by atoms with van der Waals surface area (Å²) in [5, 5.41) is 15.2. The highest BCUT2D eigenvalue weighted by Crippen LogP contribution is 2.32. The number of carbonyl (C=O) groups is 3. The average molecular weight is 431 g/mol. The van der Waals surface area contributed by atoms with Crippen LogP contribution in [-0.2, 0) is 9.59 Å². The lowest BCUT2D eigenvalue weighted by Gasteiger charge is -2.16. The molecule has 0 unspecified atom stereocenters. The standard InChI is InChI=1S/C22H23ClN2O5/c1-3-4-11-30-20-13-19(24-14(2)26)18(12-16(20)22(28)29)25-21(27)10-9-15-7-5-6-8-17(15)23/h5-10,12-13H,3-4,11H2,1-2H3,(H,24,26)(H,25,27)(H,28,29). The zero-order valence-corrected chi connectivity index (χ0v) is 17.5. The summed E-state index contributed by atoms with van der Waals surface area (Å²) in [4.78, 5) is 35.6. The van der Waals surface area contributed by atoms with Gasteiger partial charge in [-0.05, 0) is 30.2 Å². The van der Waals surface area contributed by atoms with Crippen LogP contribution in [0.3, 0.4) is 0 Å². The normalized spacial score (nSPS) is 10.6. The zero-order chi connectivity index (χ0) is 22.1. The first-order valence-electron chi connectivity index (χ1n) is 9.37. The lowest BCUT2D eigenvalue weighted by molar-refractivity contribution is -0.114. The molecule has 0 aromatic heterocycles. The second-order valence-corrected chi connectivity index (χ2v) is 6.83. The molecule has 0 aliphatic heterocycles. The van der Waals surface area contributed by atoms with Crippen LogP contribution >= 0.6 is 11.6 Å². The molecule has 2 rings (SSSR count). The SMILES string of the molecule is CCCCOc1cc(NC(C)=O)c(NC(=O)C=Cc2ccccc2Cl)cc1C(=O)O. The largest absolute Gasteiger partial charge is 0.493 e. The predicted molar refractivity (Wildman–Crippen MR) is 117 cm³/mol. The van der Waals surface area contributed by atoms with Gasteiger partial charge in [0, 0.05) is 24.1 Å². The Bertz CT molecular complexity index is 972. The Morgan fingerprint density at radius 1 is 1.13 bits per heavy atom. The summed E-state index contributed by atoms with van der Waals surface area (Å²) in [5.41, 5.74) is 0.908. The number of carboxylic acid groups (broad SMARTS) is 1. The van der Waals surface area contributed by atoms with E-state index in [1.807, 2.05) is 6.92 Å². The maximum absolute atomic E-state index is 12.4. The zero-order valence-electron chi connectivity index (χ0n) is 16.7. The number of carboxylic acids is 1. The van der Waals surface area contributed by atoms with Gasteiger partial charge in [-0.25, -0.2) is 4.79 Å². The fourth-order valence-electron chi connectivity index (χ4n) is 2.54. The Labute approximate surface area is 179 Å². The molecular formula is C22H23ClN2O5. The number of unbranched alkanes of at least 4 members (excludes halogenated alkanes) is 1. The Morgan fingerprint density at radius 3 is 2.47 bits per heavy atom. The number of ether oxygens (including phenoxy) is 1. The van der Waals surface area contributed by atoms with E-state index < -0.39 is 11.9 Å². The maximum atomic E-state index is 12.4. The number of hydrogen-bond acceptors (Lipinski definition) is 4. The number of rotatable bonds is 9. The summed E-state index contributed by atoms with van der Waals surface area (Å²) in [6, 6.07) is 9.67. The lowest BCUT2D eigenvalue weighted by Crippen LogP contribution is -2.15. The molecule has 0 radical (unpaired) electrons. The minimum absolute atomic E-state index is 0.115. The fourth-order valence-corrected chi connectivity index (χ4v) is 2.74. The van der Waals surface area contributed by atoms with Gasteiger partial charge in [-0.15, -0.1) is 0 Å². The molecule has 158 valence electrons. The van der Waals surface area contributed by atoms with Gasteiger partial charge in [0.25, 0.3) is 0 Å². The highest BCUT2D eigenvalue weighted by atomic mass is 35.5. The molecular weight excluding hydrogens is 408 g/mol. The summed E-state index contributed by atoms with van der Waals surface area (Å²) >= 11 is 6.07. The van der Waals surface area contributed by atoms with E-state index in [4.69, 9.17) is 16.3 Å². The van der Waals surface area contributed by atoms with E-state index >= 15 is 0 Å². The second kappa shape index (κ2) is 11.0. The summed E-state index contributed by atoms with van der Waals surface area (Å²) in [6.45, 7) is 3.63. The molecule has 0 aliphatic carbocycles. The van der Waals surface area contributed by atoms with Crippen LogP contribution in [0, 0.1) is 0 Å². The monoisotopic (exact) mass is 430 g/mol. The first-order valence-corrected chi connectivity index (χ1v) is 9.75. The number of halogens is 1. The second-order valence-electron chi connectivity index (χ2n) is 6.43. The molecule has 7 nitrogen and oxygen atoms in total. The van der Waals surface area contributed by atoms with E-state index in [9.17, 15) is 19.5 Å². The highest BCUT2D eigenvalue weighted by molar-refractivity contribution is 6.32. The number of amides is 2. The molecule has 3 N–H and O–H groups in total. The van der Waals surface area contributed by atoms with Crippen LogP contribution in [-0.4, -0.2) is 29.5 Å². The third kappa shape index (κ3) is 6.63. The van der Waals surface area contributed by atoms with Crippen LogP contribution in [0.1, 0.15) is 42.6 Å². The molecule has 0 bridgehead atoms. The maximum Gasteiger partial charge on any atom is 0.339 e. The van der Waals surface area contributed by atoms with Crippen molar-refractivity contribution in [3.8, 4) is 5.75 Å². The van der Waals surface area contributed by atoms with Gasteiger partial charge in [-0.2, -0.15) is 0 Å². The van der Waals surface area contributed by atoms with Gasteiger partial charge in [0.15, 0.2) is 0 Å². The number of nitrogens with one attached hydrogen (secondary N) is 2. The first-order chi connectivity index (χ1) is 14.3. The number of hydrogen-bond donors (Lipinski definition) is 3. The summed E-state index contributed by atoms with van der Waals surface area (Å²) in [5.74, 6) is -1.99. The fraction of sp³-hybridized carbons (Fsp3) is 0.227. The molecule has 2 aromatic rings. The number of benzene rings is 2. The van der Waals surface area contributed by atoms with E-state index in [-0.39, 0.29) is 28.6 Å². The molecule has 0 atom stereocenters.